The van der Waals surface area contributed by atoms with Crippen LogP contribution in [0.15, 0.2) is 115 Å². The molecule has 0 saturated heterocycles. The Labute approximate surface area is 307 Å². The lowest BCUT2D eigenvalue weighted by molar-refractivity contribution is -0.461. The lowest BCUT2D eigenvalue weighted by Gasteiger charge is -2.42. The molecule has 0 saturated carbocycles. The Morgan fingerprint density at radius 1 is 0.352 bits per heavy atom. The topological polar surface area (TPSA) is 0 Å². The minimum Gasteiger partial charge on any atom is -1.00 e. The van der Waals surface area contributed by atoms with Gasteiger partial charge in [-0.2, -0.15) is 74.6 Å². The summed E-state index contributed by atoms with van der Waals surface area (Å²) < 4.78 is 233. The van der Waals surface area contributed by atoms with Gasteiger partial charge in [-0.15, -0.1) is 0 Å². The molecule has 0 spiro atoms. The third-order valence-corrected chi connectivity index (χ3v) is 12.9. The lowest BCUT2D eigenvalue weighted by atomic mass is 9.87. The third kappa shape index (κ3) is 7.33. The van der Waals surface area contributed by atoms with Crippen LogP contribution in [-0.4, -0.2) is 47.6 Å². The minimum absolute atomic E-state index is 0. The smallest absolute Gasteiger partial charge is 0.460 e. The first-order valence-corrected chi connectivity index (χ1v) is 17.0. The second-order valence-corrected chi connectivity index (χ2v) is 15.4. The molecular formula is C35H25BrF17P. The van der Waals surface area contributed by atoms with Crippen LogP contribution in [0.4, 0.5) is 74.6 Å². The molecule has 4 aromatic rings. The second kappa shape index (κ2) is 15.3. The molecule has 54 heavy (non-hydrogen) atoms. The first-order valence-electron chi connectivity index (χ1n) is 15.1. The van der Waals surface area contributed by atoms with Gasteiger partial charge in [-0.05, 0) is 53.9 Å². The SMILES string of the molecule is FC(F)(F)C(F)(F)C(F)(F)C(F)(F)C(F)(F)C(F)(F)C(F)(F)C(F)(F)CCc1ccc([P+](Cc2ccccc2)(c2ccccc2)c2ccccc2)cc1.[Br-]. The van der Waals surface area contributed by atoms with E-state index in [0.29, 0.717) is 11.5 Å². The molecule has 0 radical (unpaired) electrons. The van der Waals surface area contributed by atoms with Crippen molar-refractivity contribution in [2.24, 2.45) is 0 Å². The van der Waals surface area contributed by atoms with E-state index in [0.717, 1.165) is 28.3 Å². The van der Waals surface area contributed by atoms with Crippen molar-refractivity contribution >= 4 is 23.2 Å². The van der Waals surface area contributed by atoms with Crippen LogP contribution < -0.4 is 32.9 Å². The van der Waals surface area contributed by atoms with Crippen molar-refractivity contribution in [2.45, 2.75) is 66.6 Å². The van der Waals surface area contributed by atoms with Gasteiger partial charge in [0.05, 0.1) is 6.16 Å². The van der Waals surface area contributed by atoms with E-state index in [9.17, 15) is 74.6 Å². The normalized spacial score (nSPS) is 14.1. The predicted octanol–water partition coefficient (Wildman–Crippen LogP) is 8.13. The van der Waals surface area contributed by atoms with Gasteiger partial charge in [0, 0.05) is 6.42 Å². The van der Waals surface area contributed by atoms with E-state index in [1.165, 1.54) is 12.1 Å². The van der Waals surface area contributed by atoms with E-state index in [4.69, 9.17) is 0 Å². The number of alkyl halides is 17. The van der Waals surface area contributed by atoms with E-state index in [-0.39, 0.29) is 22.5 Å². The van der Waals surface area contributed by atoms with Gasteiger partial charge in [0.1, 0.15) is 23.2 Å². The van der Waals surface area contributed by atoms with Crippen LogP contribution in [0.3, 0.4) is 0 Å². The van der Waals surface area contributed by atoms with E-state index in [1.807, 2.05) is 36.4 Å². The molecule has 0 N–H and O–H groups in total. The monoisotopic (exact) mass is 878 g/mol. The van der Waals surface area contributed by atoms with E-state index in [1.54, 1.807) is 54.6 Å². The number of halogens is 18. The van der Waals surface area contributed by atoms with Crippen LogP contribution in [0.2, 0.25) is 0 Å². The Morgan fingerprint density at radius 2 is 0.685 bits per heavy atom. The number of hydrogen-bond donors (Lipinski definition) is 0. The fraction of sp³-hybridized carbons (Fsp3) is 0.314. The quantitative estimate of drug-likeness (QED) is 0.0888. The van der Waals surface area contributed by atoms with E-state index < -0.39 is 67.7 Å². The van der Waals surface area contributed by atoms with Gasteiger partial charge in [-0.25, -0.2) is 0 Å². The van der Waals surface area contributed by atoms with E-state index >= 15 is 0 Å². The molecule has 0 nitrogen and oxygen atoms in total. The molecule has 0 aliphatic rings. The van der Waals surface area contributed by atoms with Gasteiger partial charge in [-0.3, -0.25) is 0 Å². The highest BCUT2D eigenvalue weighted by molar-refractivity contribution is 7.95. The highest BCUT2D eigenvalue weighted by Gasteiger charge is 2.95. The maximum absolute atomic E-state index is 14.7. The molecule has 0 aliphatic carbocycles. The zero-order valence-corrected chi connectivity index (χ0v) is 29.3. The fourth-order valence-corrected chi connectivity index (χ4v) is 9.74. The summed E-state index contributed by atoms with van der Waals surface area (Å²) >= 11 is 0. The van der Waals surface area contributed by atoms with Gasteiger partial charge >= 0.3 is 47.6 Å². The van der Waals surface area contributed by atoms with Crippen molar-refractivity contribution < 1.29 is 91.6 Å². The molecule has 4 aromatic carbocycles. The molecule has 0 aliphatic heterocycles. The number of benzene rings is 4. The molecule has 0 amide bonds. The van der Waals surface area contributed by atoms with Crippen LogP contribution in [0.25, 0.3) is 0 Å². The van der Waals surface area contributed by atoms with Crippen LogP contribution >= 0.6 is 7.26 Å². The van der Waals surface area contributed by atoms with Crippen LogP contribution in [0, 0.1) is 0 Å². The van der Waals surface area contributed by atoms with Crippen LogP contribution in [-0.2, 0) is 12.6 Å². The maximum atomic E-state index is 14.7. The summed E-state index contributed by atoms with van der Waals surface area (Å²) in [6.45, 7) is 0. The predicted molar refractivity (Wildman–Crippen MR) is 164 cm³/mol. The summed E-state index contributed by atoms with van der Waals surface area (Å²) in [4.78, 5) is 0. The maximum Gasteiger partial charge on any atom is 0.460 e. The van der Waals surface area contributed by atoms with Gasteiger partial charge in [0.2, 0.25) is 0 Å². The highest BCUT2D eigenvalue weighted by atomic mass is 79.9. The molecule has 0 heterocycles. The number of rotatable bonds is 14. The van der Waals surface area contributed by atoms with Crippen molar-refractivity contribution in [3.63, 3.8) is 0 Å². The van der Waals surface area contributed by atoms with Crippen molar-refractivity contribution in [1.29, 1.82) is 0 Å². The Morgan fingerprint density at radius 3 is 1.07 bits per heavy atom. The molecule has 0 atom stereocenters. The Balaban J connectivity index is 0.00000784. The molecule has 0 bridgehead atoms. The van der Waals surface area contributed by atoms with Gasteiger partial charge in [0.15, 0.2) is 0 Å². The summed E-state index contributed by atoms with van der Waals surface area (Å²) in [5.74, 6) is -56.4. The first-order chi connectivity index (χ1) is 24.2. The van der Waals surface area contributed by atoms with Crippen molar-refractivity contribution in [3.05, 3.63) is 126 Å². The summed E-state index contributed by atoms with van der Waals surface area (Å²) in [5.41, 5.74) is 0.572. The minimum atomic E-state index is -8.65. The van der Waals surface area contributed by atoms with Crippen molar-refractivity contribution in [1.82, 2.24) is 0 Å². The highest BCUT2D eigenvalue weighted by Crippen LogP contribution is 2.64. The Bertz CT molecular complexity index is 1770. The largest absolute Gasteiger partial charge is 1.00 e. The van der Waals surface area contributed by atoms with Gasteiger partial charge < -0.3 is 17.0 Å². The summed E-state index contributed by atoms with van der Waals surface area (Å²) in [7, 11) is -2.67. The zero-order valence-electron chi connectivity index (χ0n) is 26.8. The average Bonchev–Trinajstić information content (AvgIpc) is 3.10. The fourth-order valence-electron chi connectivity index (χ4n) is 5.52. The Hall–Kier alpha value is -3.40. The molecule has 296 valence electrons. The standard InChI is InChI=1S/C35H25F17P.BrH/c36-28(37,29(38,39)30(40,41)31(42,43)32(44,45)33(46,47)34(48,49)35(50,51)52)21-20-23-16-18-27(19-17-23)53(25-12-6-2-7-13-25,26-14-8-3-9-15-26)22-24-10-4-1-5-11-24;/h1-19H,20-22H2;1H/q+1;/p-1. The number of aryl methyl sites for hydroxylation is 1. The second-order valence-electron chi connectivity index (χ2n) is 11.9. The third-order valence-electron chi connectivity index (χ3n) is 8.55. The van der Waals surface area contributed by atoms with Crippen LogP contribution in [0.5, 0.6) is 0 Å². The first kappa shape index (κ1) is 45.0. The molecule has 4 rings (SSSR count). The number of hydrogen-bond acceptors (Lipinski definition) is 0. The molecule has 0 aromatic heterocycles. The van der Waals surface area contributed by atoms with Crippen molar-refractivity contribution in [2.75, 3.05) is 0 Å². The van der Waals surface area contributed by atoms with Crippen LogP contribution in [0.1, 0.15) is 17.5 Å². The molecule has 0 fully saturated rings. The lowest BCUT2D eigenvalue weighted by Crippen LogP contribution is -3.00. The van der Waals surface area contributed by atoms with Gasteiger partial charge in [-0.1, -0.05) is 78.9 Å². The molecular weight excluding hydrogens is 854 g/mol. The molecule has 19 heteroatoms. The van der Waals surface area contributed by atoms with E-state index in [2.05, 4.69) is 0 Å². The molecule has 0 unspecified atom stereocenters. The summed E-state index contributed by atoms with van der Waals surface area (Å²) in [6, 6.07) is 32.2. The average molecular weight is 879 g/mol. The van der Waals surface area contributed by atoms with Crippen molar-refractivity contribution in [3.8, 4) is 0 Å². The Kier molecular flexibility index (Phi) is 12.7. The summed E-state index contributed by atoms with van der Waals surface area (Å²) in [6.07, 6.45) is -11.2. The van der Waals surface area contributed by atoms with Gasteiger partial charge in [0.25, 0.3) is 0 Å². The summed E-state index contributed by atoms with van der Waals surface area (Å²) in [5, 5.41) is 2.28. The zero-order chi connectivity index (χ0) is 39.9.